The van der Waals surface area contributed by atoms with E-state index < -0.39 is 5.97 Å². The van der Waals surface area contributed by atoms with Crippen LogP contribution in [0.3, 0.4) is 0 Å². The van der Waals surface area contributed by atoms with E-state index in [0.717, 1.165) is 25.0 Å². The second-order valence-electron chi connectivity index (χ2n) is 6.25. The van der Waals surface area contributed by atoms with Crippen molar-refractivity contribution in [3.05, 3.63) is 23.8 Å². The third-order valence-electron chi connectivity index (χ3n) is 4.40. The summed E-state index contributed by atoms with van der Waals surface area (Å²) in [7, 11) is 0. The maximum absolute atomic E-state index is 12.0. The average molecular weight is 331 g/mol. The zero-order valence-electron chi connectivity index (χ0n) is 13.9. The lowest BCUT2D eigenvalue weighted by atomic mass is 9.86. The molecule has 8 heteroatoms. The van der Waals surface area contributed by atoms with Crippen molar-refractivity contribution in [3.63, 3.8) is 0 Å². The van der Waals surface area contributed by atoms with Gasteiger partial charge in [0, 0.05) is 17.9 Å². The van der Waals surface area contributed by atoms with Crippen molar-refractivity contribution in [1.29, 1.82) is 0 Å². The lowest BCUT2D eigenvalue weighted by Crippen LogP contribution is -2.42. The number of fused-ring (bicyclic) bond motifs is 1. The van der Waals surface area contributed by atoms with Gasteiger partial charge in [0.25, 0.3) is 17.5 Å². The summed E-state index contributed by atoms with van der Waals surface area (Å²) in [5.41, 5.74) is 0.801. The third-order valence-corrected chi connectivity index (χ3v) is 4.40. The zero-order chi connectivity index (χ0) is 17.1. The zero-order valence-corrected chi connectivity index (χ0v) is 13.9. The summed E-state index contributed by atoms with van der Waals surface area (Å²) < 4.78 is 6.48. The summed E-state index contributed by atoms with van der Waals surface area (Å²) in [6, 6.07) is 1.92. The number of nitrogens with zero attached hydrogens (tertiary/aromatic N) is 4. The Kier molecular flexibility index (Phi) is 4.73. The molecule has 0 saturated heterocycles. The molecule has 0 aromatic carbocycles. The first-order valence-electron chi connectivity index (χ1n) is 8.19. The molecule has 2 heterocycles. The molecule has 1 aliphatic rings. The largest absolute Gasteiger partial charge is 0.450 e. The van der Waals surface area contributed by atoms with Crippen LogP contribution in [0, 0.1) is 12.8 Å². The van der Waals surface area contributed by atoms with Crippen LogP contribution in [0.4, 0.5) is 0 Å². The van der Waals surface area contributed by atoms with Crippen molar-refractivity contribution >= 4 is 17.7 Å². The molecule has 1 saturated carbocycles. The Hall–Kier alpha value is -2.51. The Morgan fingerprint density at radius 3 is 2.92 bits per heavy atom. The molecule has 1 N–H and O–H groups in total. The first-order chi connectivity index (χ1) is 11.5. The third kappa shape index (κ3) is 3.52. The Morgan fingerprint density at radius 2 is 2.17 bits per heavy atom. The lowest BCUT2D eigenvalue weighted by Gasteiger charge is -2.29. The molecule has 24 heavy (non-hydrogen) atoms. The number of nitrogens with one attached hydrogen (secondary N) is 1. The van der Waals surface area contributed by atoms with Gasteiger partial charge in [0.15, 0.2) is 6.61 Å². The fraction of sp³-hybridized carbons (Fsp3) is 0.562. The van der Waals surface area contributed by atoms with Crippen LogP contribution in [0.2, 0.25) is 0 Å². The Morgan fingerprint density at radius 1 is 1.38 bits per heavy atom. The molecule has 0 bridgehead atoms. The van der Waals surface area contributed by atoms with Crippen LogP contribution in [-0.4, -0.2) is 44.1 Å². The van der Waals surface area contributed by atoms with Crippen molar-refractivity contribution in [1.82, 2.24) is 24.9 Å². The van der Waals surface area contributed by atoms with Crippen molar-refractivity contribution in [2.45, 2.75) is 45.6 Å². The van der Waals surface area contributed by atoms with Crippen molar-refractivity contribution < 1.29 is 14.3 Å². The molecule has 1 amide bonds. The second-order valence-corrected chi connectivity index (χ2v) is 6.25. The standard InChI is InChI=1S/C16H21N5O3/c1-10-5-3-4-6-12(10)18-13(22)9-24-15(23)14-19-16-17-8-7-11(2)21(16)20-14/h7-8,10,12H,3-6,9H2,1-2H3,(H,18,22). The lowest BCUT2D eigenvalue weighted by molar-refractivity contribution is -0.125. The molecule has 1 aliphatic carbocycles. The van der Waals surface area contributed by atoms with Gasteiger partial charge < -0.3 is 10.1 Å². The molecule has 0 spiro atoms. The van der Waals surface area contributed by atoms with E-state index >= 15 is 0 Å². The van der Waals surface area contributed by atoms with Gasteiger partial charge in [0.1, 0.15) is 0 Å². The van der Waals surface area contributed by atoms with Gasteiger partial charge in [-0.15, -0.1) is 5.10 Å². The summed E-state index contributed by atoms with van der Waals surface area (Å²) in [5.74, 6) is -0.350. The predicted molar refractivity (Wildman–Crippen MR) is 85.4 cm³/mol. The highest BCUT2D eigenvalue weighted by Gasteiger charge is 2.23. The van der Waals surface area contributed by atoms with E-state index in [4.69, 9.17) is 4.74 Å². The van der Waals surface area contributed by atoms with E-state index in [-0.39, 0.29) is 24.4 Å². The van der Waals surface area contributed by atoms with Gasteiger partial charge in [-0.2, -0.15) is 4.98 Å². The first-order valence-corrected chi connectivity index (χ1v) is 8.19. The van der Waals surface area contributed by atoms with E-state index in [1.165, 1.54) is 10.9 Å². The molecule has 0 aliphatic heterocycles. The molecule has 3 rings (SSSR count). The molecule has 8 nitrogen and oxygen atoms in total. The normalized spacial score (nSPS) is 20.8. The van der Waals surface area contributed by atoms with Gasteiger partial charge in [0.2, 0.25) is 0 Å². The average Bonchev–Trinajstić information content (AvgIpc) is 3.00. The summed E-state index contributed by atoms with van der Waals surface area (Å²) in [4.78, 5) is 32.0. The van der Waals surface area contributed by atoms with Crippen LogP contribution in [0.5, 0.6) is 0 Å². The number of aromatic nitrogens is 4. The fourth-order valence-electron chi connectivity index (χ4n) is 2.97. The van der Waals surface area contributed by atoms with Crippen molar-refractivity contribution in [3.8, 4) is 0 Å². The highest BCUT2D eigenvalue weighted by Crippen LogP contribution is 2.23. The quantitative estimate of drug-likeness (QED) is 0.848. The van der Waals surface area contributed by atoms with Crippen LogP contribution < -0.4 is 5.32 Å². The minimum Gasteiger partial charge on any atom is -0.450 e. The van der Waals surface area contributed by atoms with Crippen LogP contribution >= 0.6 is 0 Å². The highest BCUT2D eigenvalue weighted by molar-refractivity contribution is 5.88. The Labute approximate surface area is 139 Å². The SMILES string of the molecule is Cc1ccnc2nc(C(=O)OCC(=O)NC3CCCCC3C)nn12. The number of esters is 1. The smallest absolute Gasteiger partial charge is 0.378 e. The number of carbonyl (C=O) groups is 2. The molecule has 2 unspecified atom stereocenters. The Bertz CT molecular complexity index is 757. The summed E-state index contributed by atoms with van der Waals surface area (Å²) in [5, 5.41) is 6.99. The number of hydrogen-bond donors (Lipinski definition) is 1. The van der Waals surface area contributed by atoms with Crippen LogP contribution in [0.15, 0.2) is 12.3 Å². The summed E-state index contributed by atoms with van der Waals surface area (Å²) >= 11 is 0. The molecule has 0 radical (unpaired) electrons. The monoisotopic (exact) mass is 331 g/mol. The van der Waals surface area contributed by atoms with Gasteiger partial charge in [-0.3, -0.25) is 4.79 Å². The summed E-state index contributed by atoms with van der Waals surface area (Å²) in [6.07, 6.45) is 6.00. The molecular formula is C16H21N5O3. The molecule has 2 aromatic heterocycles. The first kappa shape index (κ1) is 16.4. The van der Waals surface area contributed by atoms with Gasteiger partial charge in [-0.05, 0) is 31.7 Å². The number of aryl methyl sites for hydroxylation is 1. The number of rotatable bonds is 4. The van der Waals surface area contributed by atoms with Crippen molar-refractivity contribution in [2.24, 2.45) is 5.92 Å². The van der Waals surface area contributed by atoms with Gasteiger partial charge in [-0.25, -0.2) is 14.3 Å². The number of carbonyl (C=O) groups excluding carboxylic acids is 2. The topological polar surface area (TPSA) is 98.5 Å². The molecule has 2 atom stereocenters. The maximum atomic E-state index is 12.0. The Balaban J connectivity index is 1.56. The molecule has 128 valence electrons. The van der Waals surface area contributed by atoms with Crippen LogP contribution in [0.25, 0.3) is 5.78 Å². The molecule has 2 aromatic rings. The number of ether oxygens (including phenoxy) is 1. The fourth-order valence-corrected chi connectivity index (χ4v) is 2.97. The van der Waals surface area contributed by atoms with Gasteiger partial charge in [-0.1, -0.05) is 19.8 Å². The van der Waals surface area contributed by atoms with Crippen molar-refractivity contribution in [2.75, 3.05) is 6.61 Å². The van der Waals surface area contributed by atoms with E-state index in [1.54, 1.807) is 12.3 Å². The van der Waals surface area contributed by atoms with Crippen LogP contribution in [0.1, 0.15) is 48.9 Å². The highest BCUT2D eigenvalue weighted by atomic mass is 16.5. The van der Waals surface area contributed by atoms with E-state index in [1.807, 2.05) is 6.92 Å². The van der Waals surface area contributed by atoms with Crippen LogP contribution in [-0.2, 0) is 9.53 Å². The summed E-state index contributed by atoms with van der Waals surface area (Å²) in [6.45, 7) is 3.63. The number of hydrogen-bond acceptors (Lipinski definition) is 6. The maximum Gasteiger partial charge on any atom is 0.378 e. The van der Waals surface area contributed by atoms with Gasteiger partial charge in [0.05, 0.1) is 0 Å². The molecule has 1 fully saturated rings. The number of amides is 1. The molecular weight excluding hydrogens is 310 g/mol. The van der Waals surface area contributed by atoms with Gasteiger partial charge >= 0.3 is 5.97 Å². The minimum absolute atomic E-state index is 0.101. The minimum atomic E-state index is -0.730. The second kappa shape index (κ2) is 6.94. The van der Waals surface area contributed by atoms with E-state index in [2.05, 4.69) is 27.3 Å². The predicted octanol–water partition coefficient (Wildman–Crippen LogP) is 1.28. The van der Waals surface area contributed by atoms with E-state index in [9.17, 15) is 9.59 Å². The van der Waals surface area contributed by atoms with E-state index in [0.29, 0.717) is 11.7 Å².